The van der Waals surface area contributed by atoms with Gasteiger partial charge in [-0.1, -0.05) is 11.3 Å². The summed E-state index contributed by atoms with van der Waals surface area (Å²) in [5.74, 6) is 0.365. The molecule has 1 saturated heterocycles. The number of anilines is 2. The van der Waals surface area contributed by atoms with E-state index in [0.29, 0.717) is 16.7 Å². The van der Waals surface area contributed by atoms with Gasteiger partial charge in [-0.25, -0.2) is 4.98 Å². The molecule has 1 fully saturated rings. The maximum absolute atomic E-state index is 12.3. The van der Waals surface area contributed by atoms with E-state index in [0.717, 1.165) is 31.1 Å². The SMILES string of the molecule is CCNc1nc(N)c(C(=O)N2CCCC2C)s1. The number of aromatic nitrogens is 1. The molecule has 1 aliphatic rings. The minimum absolute atomic E-state index is 0.0224. The Bertz CT molecular complexity index is 418. The molecule has 5 nitrogen and oxygen atoms in total. The second-order valence-electron chi connectivity index (χ2n) is 4.25. The monoisotopic (exact) mass is 254 g/mol. The third kappa shape index (κ3) is 2.36. The average Bonchev–Trinajstić information content (AvgIpc) is 2.85. The minimum Gasteiger partial charge on any atom is -0.382 e. The van der Waals surface area contributed by atoms with Crippen LogP contribution < -0.4 is 11.1 Å². The molecule has 1 unspecified atom stereocenters. The van der Waals surface area contributed by atoms with Crippen LogP contribution in [0.25, 0.3) is 0 Å². The third-order valence-electron chi connectivity index (χ3n) is 2.99. The fourth-order valence-corrected chi connectivity index (χ4v) is 2.99. The van der Waals surface area contributed by atoms with Crippen LogP contribution >= 0.6 is 11.3 Å². The molecule has 1 atom stereocenters. The highest BCUT2D eigenvalue weighted by molar-refractivity contribution is 7.18. The normalized spacial score (nSPS) is 19.6. The van der Waals surface area contributed by atoms with Crippen LogP contribution in [0.3, 0.4) is 0 Å². The molecule has 0 saturated carbocycles. The summed E-state index contributed by atoms with van der Waals surface area (Å²) in [5.41, 5.74) is 5.80. The lowest BCUT2D eigenvalue weighted by Gasteiger charge is -2.20. The third-order valence-corrected chi connectivity index (χ3v) is 4.01. The zero-order chi connectivity index (χ0) is 12.4. The molecule has 1 aliphatic heterocycles. The molecule has 1 amide bonds. The van der Waals surface area contributed by atoms with E-state index >= 15 is 0 Å². The summed E-state index contributed by atoms with van der Waals surface area (Å²) in [6.45, 7) is 5.67. The highest BCUT2D eigenvalue weighted by Gasteiger charge is 2.29. The number of hydrogen-bond acceptors (Lipinski definition) is 5. The van der Waals surface area contributed by atoms with Crippen molar-refractivity contribution in [1.82, 2.24) is 9.88 Å². The van der Waals surface area contributed by atoms with Gasteiger partial charge in [0.25, 0.3) is 5.91 Å². The molecular weight excluding hydrogens is 236 g/mol. The van der Waals surface area contributed by atoms with Crippen LogP contribution in [0.1, 0.15) is 36.4 Å². The molecule has 2 rings (SSSR count). The van der Waals surface area contributed by atoms with Crippen LogP contribution in [-0.2, 0) is 0 Å². The average molecular weight is 254 g/mol. The number of nitrogens with zero attached hydrogens (tertiary/aromatic N) is 2. The number of amides is 1. The maximum atomic E-state index is 12.3. The standard InChI is InChI=1S/C11H18N4OS/c1-3-13-11-14-9(12)8(17-11)10(16)15-6-4-5-7(15)2/h7H,3-6,12H2,1-2H3,(H,13,14). The van der Waals surface area contributed by atoms with E-state index < -0.39 is 0 Å². The van der Waals surface area contributed by atoms with Crippen molar-refractivity contribution >= 4 is 28.2 Å². The van der Waals surface area contributed by atoms with Gasteiger partial charge in [0.05, 0.1) is 0 Å². The van der Waals surface area contributed by atoms with Gasteiger partial charge in [-0.15, -0.1) is 0 Å². The summed E-state index contributed by atoms with van der Waals surface area (Å²) in [7, 11) is 0. The summed E-state index contributed by atoms with van der Waals surface area (Å²) in [4.78, 5) is 18.9. The minimum atomic E-state index is 0.0224. The Morgan fingerprint density at radius 1 is 1.71 bits per heavy atom. The van der Waals surface area contributed by atoms with Crippen LogP contribution in [0.5, 0.6) is 0 Å². The van der Waals surface area contributed by atoms with Crippen LogP contribution in [0.15, 0.2) is 0 Å². The van der Waals surface area contributed by atoms with E-state index in [1.54, 1.807) is 0 Å². The molecule has 0 aromatic carbocycles. The van der Waals surface area contributed by atoms with Crippen LogP contribution in [0.2, 0.25) is 0 Å². The van der Waals surface area contributed by atoms with E-state index in [2.05, 4.69) is 17.2 Å². The Labute approximate surface area is 105 Å². The summed E-state index contributed by atoms with van der Waals surface area (Å²) < 4.78 is 0. The second kappa shape index (κ2) is 4.91. The van der Waals surface area contributed by atoms with Gasteiger partial charge in [0.2, 0.25) is 0 Å². The number of thiazole rings is 1. The van der Waals surface area contributed by atoms with E-state index in [4.69, 9.17) is 5.73 Å². The highest BCUT2D eigenvalue weighted by Crippen LogP contribution is 2.28. The molecule has 0 aliphatic carbocycles. The van der Waals surface area contributed by atoms with E-state index in [1.165, 1.54) is 11.3 Å². The largest absolute Gasteiger partial charge is 0.382 e. The Morgan fingerprint density at radius 3 is 3.06 bits per heavy atom. The van der Waals surface area contributed by atoms with Gasteiger partial charge in [-0.2, -0.15) is 0 Å². The molecule has 6 heteroatoms. The van der Waals surface area contributed by atoms with Crippen LogP contribution in [0, 0.1) is 0 Å². The van der Waals surface area contributed by atoms with Crippen molar-refractivity contribution in [2.75, 3.05) is 24.1 Å². The topological polar surface area (TPSA) is 71.2 Å². The Morgan fingerprint density at radius 2 is 2.47 bits per heavy atom. The van der Waals surface area contributed by atoms with E-state index in [-0.39, 0.29) is 5.91 Å². The smallest absolute Gasteiger partial charge is 0.268 e. The van der Waals surface area contributed by atoms with E-state index in [1.807, 2.05) is 11.8 Å². The predicted molar refractivity (Wildman–Crippen MR) is 70.4 cm³/mol. The van der Waals surface area contributed by atoms with Gasteiger partial charge in [-0.3, -0.25) is 4.79 Å². The molecule has 0 spiro atoms. The first-order valence-corrected chi connectivity index (χ1v) is 6.76. The number of nitrogens with two attached hydrogens (primary N) is 1. The maximum Gasteiger partial charge on any atom is 0.268 e. The quantitative estimate of drug-likeness (QED) is 0.862. The molecular formula is C11H18N4OS. The fraction of sp³-hybridized carbons (Fsp3) is 0.636. The predicted octanol–water partition coefficient (Wildman–Crippen LogP) is 1.78. The number of rotatable bonds is 3. The van der Waals surface area contributed by atoms with Gasteiger partial charge in [0.15, 0.2) is 5.13 Å². The lowest BCUT2D eigenvalue weighted by molar-refractivity contribution is 0.0753. The summed E-state index contributed by atoms with van der Waals surface area (Å²) in [6, 6.07) is 0.312. The Kier molecular flexibility index (Phi) is 3.51. The van der Waals surface area contributed by atoms with Crippen molar-refractivity contribution in [2.45, 2.75) is 32.7 Å². The Balaban J connectivity index is 2.18. The van der Waals surface area contributed by atoms with Gasteiger partial charge >= 0.3 is 0 Å². The first-order chi connectivity index (χ1) is 8.13. The van der Waals surface area contributed by atoms with Crippen molar-refractivity contribution in [2.24, 2.45) is 0 Å². The zero-order valence-electron chi connectivity index (χ0n) is 10.2. The number of carbonyl (C=O) groups excluding carboxylic acids is 1. The van der Waals surface area contributed by atoms with Gasteiger partial charge in [0.1, 0.15) is 10.7 Å². The lowest BCUT2D eigenvalue weighted by Crippen LogP contribution is -2.33. The number of hydrogen-bond donors (Lipinski definition) is 2. The van der Waals surface area contributed by atoms with Crippen molar-refractivity contribution in [3.8, 4) is 0 Å². The molecule has 17 heavy (non-hydrogen) atoms. The van der Waals surface area contributed by atoms with Crippen molar-refractivity contribution in [3.63, 3.8) is 0 Å². The molecule has 1 aromatic rings. The van der Waals surface area contributed by atoms with Gasteiger partial charge in [-0.05, 0) is 26.7 Å². The zero-order valence-corrected chi connectivity index (χ0v) is 11.0. The number of nitrogens with one attached hydrogen (secondary N) is 1. The van der Waals surface area contributed by atoms with Crippen molar-refractivity contribution < 1.29 is 4.79 Å². The summed E-state index contributed by atoms with van der Waals surface area (Å²) in [6.07, 6.45) is 2.15. The molecule has 1 aromatic heterocycles. The Hall–Kier alpha value is -1.30. The van der Waals surface area contributed by atoms with Gasteiger partial charge < -0.3 is 16.0 Å². The summed E-state index contributed by atoms with van der Waals surface area (Å²) in [5, 5.41) is 3.80. The molecule has 2 heterocycles. The highest BCUT2D eigenvalue weighted by atomic mass is 32.1. The lowest BCUT2D eigenvalue weighted by atomic mass is 10.2. The molecule has 3 N–H and O–H groups in total. The van der Waals surface area contributed by atoms with Crippen molar-refractivity contribution in [3.05, 3.63) is 4.88 Å². The second-order valence-corrected chi connectivity index (χ2v) is 5.25. The van der Waals surface area contributed by atoms with E-state index in [9.17, 15) is 4.79 Å². The molecule has 0 bridgehead atoms. The number of nitrogen functional groups attached to an aromatic ring is 1. The van der Waals surface area contributed by atoms with Crippen LogP contribution in [0.4, 0.5) is 10.9 Å². The van der Waals surface area contributed by atoms with Crippen molar-refractivity contribution in [1.29, 1.82) is 0 Å². The van der Waals surface area contributed by atoms with Gasteiger partial charge in [0, 0.05) is 19.1 Å². The molecule has 94 valence electrons. The summed E-state index contributed by atoms with van der Waals surface area (Å²) >= 11 is 1.34. The molecule has 0 radical (unpaired) electrons. The van der Waals surface area contributed by atoms with Crippen LogP contribution in [-0.4, -0.2) is 34.9 Å². The number of likely N-dealkylation sites (tertiary alicyclic amines) is 1. The first-order valence-electron chi connectivity index (χ1n) is 5.94. The number of carbonyl (C=O) groups is 1. The fourth-order valence-electron chi connectivity index (χ4n) is 2.08. The first kappa shape index (κ1) is 12.2.